The van der Waals surface area contributed by atoms with Gasteiger partial charge < -0.3 is 9.47 Å². The molecule has 0 amide bonds. The first kappa shape index (κ1) is 13.6. The highest BCUT2D eigenvalue weighted by atomic mass is 16.5. The standard InChI is InChI=1S/C14H13N3O3/c1-9-11(14(18)20-4)8-16-17(9)10-5-6-13(19-3)12(7-10)15-2/h5-8H,1,3-4H3. The second-order valence-electron chi connectivity index (χ2n) is 4.01. The summed E-state index contributed by atoms with van der Waals surface area (Å²) in [5, 5.41) is 4.16. The minimum Gasteiger partial charge on any atom is -0.508 e. The molecular formula is C14H13N3O3. The highest BCUT2D eigenvalue weighted by Crippen LogP contribution is 2.30. The fourth-order valence-electron chi connectivity index (χ4n) is 1.88. The Balaban J connectivity index is 2.50. The van der Waals surface area contributed by atoms with Crippen LogP contribution in [-0.4, -0.2) is 30.0 Å². The average Bonchev–Trinajstić information content (AvgIpc) is 2.87. The molecule has 6 nitrogen and oxygen atoms in total. The Morgan fingerprint density at radius 3 is 2.75 bits per heavy atom. The molecule has 0 spiro atoms. The molecule has 0 radical (unpaired) electrons. The lowest BCUT2D eigenvalue weighted by Crippen LogP contribution is -2.04. The monoisotopic (exact) mass is 271 g/mol. The number of hydrogen-bond acceptors (Lipinski definition) is 4. The average molecular weight is 271 g/mol. The molecule has 0 aliphatic carbocycles. The number of rotatable bonds is 3. The first-order valence-electron chi connectivity index (χ1n) is 5.81. The van der Waals surface area contributed by atoms with Gasteiger partial charge in [0.05, 0.1) is 38.4 Å². The summed E-state index contributed by atoms with van der Waals surface area (Å²) in [5.74, 6) is 0.0643. The molecule has 2 aromatic rings. The topological polar surface area (TPSA) is 57.7 Å². The zero-order valence-electron chi connectivity index (χ0n) is 11.4. The molecule has 1 aromatic carbocycles. The van der Waals surface area contributed by atoms with Crippen molar-refractivity contribution in [3.8, 4) is 11.4 Å². The third kappa shape index (κ3) is 2.21. The molecule has 102 valence electrons. The molecule has 1 aromatic heterocycles. The van der Waals surface area contributed by atoms with Crippen molar-refractivity contribution in [2.75, 3.05) is 14.2 Å². The normalized spacial score (nSPS) is 9.90. The largest absolute Gasteiger partial charge is 0.508 e. The van der Waals surface area contributed by atoms with Crippen LogP contribution in [0.25, 0.3) is 10.5 Å². The van der Waals surface area contributed by atoms with E-state index in [0.717, 1.165) is 0 Å². The van der Waals surface area contributed by atoms with Gasteiger partial charge in [-0.15, -0.1) is 0 Å². The molecule has 1 heterocycles. The van der Waals surface area contributed by atoms with E-state index in [1.54, 1.807) is 29.8 Å². The van der Waals surface area contributed by atoms with Gasteiger partial charge in [0.25, 0.3) is 0 Å². The van der Waals surface area contributed by atoms with Crippen molar-refractivity contribution in [3.63, 3.8) is 0 Å². The first-order chi connectivity index (χ1) is 9.62. The number of carbonyl (C=O) groups excluding carboxylic acids is 1. The number of hydrogen-bond donors (Lipinski definition) is 0. The number of ether oxygens (including phenoxy) is 2. The molecule has 0 aliphatic rings. The van der Waals surface area contributed by atoms with E-state index in [9.17, 15) is 4.79 Å². The predicted octanol–water partition coefficient (Wildman–Crippen LogP) is 2.53. The number of benzene rings is 1. The zero-order valence-corrected chi connectivity index (χ0v) is 11.4. The van der Waals surface area contributed by atoms with E-state index in [4.69, 9.17) is 11.3 Å². The minimum atomic E-state index is -0.437. The lowest BCUT2D eigenvalue weighted by atomic mass is 10.2. The molecule has 0 saturated carbocycles. The summed E-state index contributed by atoms with van der Waals surface area (Å²) in [6.45, 7) is 8.91. The molecule has 0 unspecified atom stereocenters. The van der Waals surface area contributed by atoms with Crippen molar-refractivity contribution >= 4 is 11.7 Å². The van der Waals surface area contributed by atoms with Gasteiger partial charge in [-0.05, 0) is 25.1 Å². The number of aromatic nitrogens is 2. The van der Waals surface area contributed by atoms with Gasteiger partial charge in [-0.1, -0.05) is 0 Å². The van der Waals surface area contributed by atoms with E-state index < -0.39 is 5.97 Å². The van der Waals surface area contributed by atoms with Crippen molar-refractivity contribution in [1.29, 1.82) is 0 Å². The van der Waals surface area contributed by atoms with Crippen LogP contribution in [0.5, 0.6) is 5.75 Å². The molecule has 0 saturated heterocycles. The maximum Gasteiger partial charge on any atom is 0.341 e. The van der Waals surface area contributed by atoms with E-state index in [2.05, 4.69) is 14.7 Å². The Hall–Kier alpha value is -2.81. The van der Waals surface area contributed by atoms with Crippen molar-refractivity contribution in [1.82, 2.24) is 9.78 Å². The maximum absolute atomic E-state index is 11.6. The summed E-state index contributed by atoms with van der Waals surface area (Å²) in [4.78, 5) is 15.0. The van der Waals surface area contributed by atoms with Crippen LogP contribution in [0, 0.1) is 13.5 Å². The van der Waals surface area contributed by atoms with Gasteiger partial charge in [0.2, 0.25) is 5.69 Å². The van der Waals surface area contributed by atoms with Crippen molar-refractivity contribution in [3.05, 3.63) is 47.1 Å². The van der Waals surface area contributed by atoms with E-state index in [1.165, 1.54) is 20.4 Å². The van der Waals surface area contributed by atoms with Gasteiger partial charge in [-0.2, -0.15) is 5.10 Å². The number of carbonyl (C=O) groups is 1. The molecule has 0 bridgehead atoms. The fourth-order valence-corrected chi connectivity index (χ4v) is 1.88. The molecule has 2 rings (SSSR count). The Morgan fingerprint density at radius 2 is 2.15 bits per heavy atom. The van der Waals surface area contributed by atoms with Crippen LogP contribution < -0.4 is 4.74 Å². The lowest BCUT2D eigenvalue weighted by molar-refractivity contribution is 0.0600. The number of nitrogens with zero attached hydrogens (tertiary/aromatic N) is 3. The fraction of sp³-hybridized carbons (Fsp3) is 0.214. The van der Waals surface area contributed by atoms with Gasteiger partial charge >= 0.3 is 5.97 Å². The molecule has 0 fully saturated rings. The van der Waals surface area contributed by atoms with E-state index in [0.29, 0.717) is 28.4 Å². The van der Waals surface area contributed by atoms with E-state index in [-0.39, 0.29) is 0 Å². The highest BCUT2D eigenvalue weighted by molar-refractivity contribution is 5.90. The van der Waals surface area contributed by atoms with Gasteiger partial charge in [0.1, 0.15) is 11.3 Å². The van der Waals surface area contributed by atoms with Gasteiger partial charge in [0.15, 0.2) is 0 Å². The van der Waals surface area contributed by atoms with Crippen LogP contribution in [0.15, 0.2) is 24.4 Å². The highest BCUT2D eigenvalue weighted by Gasteiger charge is 2.16. The summed E-state index contributed by atoms with van der Waals surface area (Å²) in [6, 6.07) is 5.13. The summed E-state index contributed by atoms with van der Waals surface area (Å²) in [7, 11) is 2.84. The quantitative estimate of drug-likeness (QED) is 0.636. The summed E-state index contributed by atoms with van der Waals surface area (Å²) >= 11 is 0. The van der Waals surface area contributed by atoms with Crippen molar-refractivity contribution in [2.24, 2.45) is 0 Å². The van der Waals surface area contributed by atoms with Crippen LogP contribution in [0.3, 0.4) is 0 Å². The second kappa shape index (κ2) is 5.45. The smallest absolute Gasteiger partial charge is 0.341 e. The second-order valence-corrected chi connectivity index (χ2v) is 4.01. The van der Waals surface area contributed by atoms with Gasteiger partial charge in [0, 0.05) is 0 Å². The number of methoxy groups -OCH3 is 2. The Kier molecular flexibility index (Phi) is 3.71. The summed E-state index contributed by atoms with van der Waals surface area (Å²) < 4.78 is 11.4. The maximum atomic E-state index is 11.6. The third-order valence-corrected chi connectivity index (χ3v) is 2.94. The Morgan fingerprint density at radius 1 is 1.40 bits per heavy atom. The number of esters is 1. The van der Waals surface area contributed by atoms with Crippen molar-refractivity contribution < 1.29 is 14.3 Å². The summed E-state index contributed by atoms with van der Waals surface area (Å²) in [6.07, 6.45) is 1.45. The molecule has 0 N–H and O–H groups in total. The zero-order chi connectivity index (χ0) is 14.7. The molecule has 20 heavy (non-hydrogen) atoms. The van der Waals surface area contributed by atoms with E-state index >= 15 is 0 Å². The predicted molar refractivity (Wildman–Crippen MR) is 72.5 cm³/mol. The van der Waals surface area contributed by atoms with Crippen LogP contribution in [0.1, 0.15) is 16.1 Å². The van der Waals surface area contributed by atoms with Gasteiger partial charge in [-0.25, -0.2) is 14.3 Å². The van der Waals surface area contributed by atoms with Crippen LogP contribution in [0.4, 0.5) is 5.69 Å². The molecule has 6 heteroatoms. The van der Waals surface area contributed by atoms with Gasteiger partial charge in [-0.3, -0.25) is 0 Å². The molecular weight excluding hydrogens is 258 g/mol. The lowest BCUT2D eigenvalue weighted by Gasteiger charge is -2.08. The minimum absolute atomic E-state index is 0.388. The molecule has 0 aliphatic heterocycles. The Bertz CT molecular complexity index is 698. The third-order valence-electron chi connectivity index (χ3n) is 2.94. The van der Waals surface area contributed by atoms with Crippen LogP contribution in [0.2, 0.25) is 0 Å². The Labute approximate surface area is 116 Å². The SMILES string of the molecule is [C-]#[N+]c1cc(-n2ncc(C(=O)OC)c2C)ccc1OC. The van der Waals surface area contributed by atoms with E-state index in [1.807, 2.05) is 0 Å². The first-order valence-corrected chi connectivity index (χ1v) is 5.81. The molecule has 0 atom stereocenters. The van der Waals surface area contributed by atoms with Crippen molar-refractivity contribution in [2.45, 2.75) is 6.92 Å². The van der Waals surface area contributed by atoms with Crippen LogP contribution >= 0.6 is 0 Å². The summed E-state index contributed by atoms with van der Waals surface area (Å²) in [5.41, 5.74) is 2.12. The van der Waals surface area contributed by atoms with Crippen LogP contribution in [-0.2, 0) is 4.74 Å².